The van der Waals surface area contributed by atoms with E-state index in [-0.39, 0.29) is 99.3 Å². The van der Waals surface area contributed by atoms with Crippen molar-refractivity contribution in [2.24, 2.45) is 35.0 Å². The van der Waals surface area contributed by atoms with Crippen LogP contribution in [0.1, 0.15) is 197 Å². The minimum atomic E-state index is -1.14. The van der Waals surface area contributed by atoms with Crippen molar-refractivity contribution in [2.45, 2.75) is 247 Å². The largest absolute Gasteiger partial charge is 0.445 e. The molecule has 0 spiro atoms. The number of allylic oxidation sites excluding steroid dienone is 2. The third-order valence-electron chi connectivity index (χ3n) is 20.1. The van der Waals surface area contributed by atoms with E-state index < -0.39 is 143 Å². The van der Waals surface area contributed by atoms with Gasteiger partial charge in [0.2, 0.25) is 41.4 Å². The molecule has 28 heteroatoms. The molecule has 1 unspecified atom stereocenters. The van der Waals surface area contributed by atoms with Gasteiger partial charge < -0.3 is 65.9 Å². The monoisotopic (exact) mass is 1470 g/mol. The van der Waals surface area contributed by atoms with Gasteiger partial charge in [-0.05, 0) is 105 Å². The van der Waals surface area contributed by atoms with Gasteiger partial charge in [-0.2, -0.15) is 0 Å². The third-order valence-corrected chi connectivity index (χ3v) is 20.1. The Morgan fingerprint density at radius 1 is 0.695 bits per heavy atom. The summed E-state index contributed by atoms with van der Waals surface area (Å²) < 4.78 is 17.8. The van der Waals surface area contributed by atoms with Gasteiger partial charge in [0, 0.05) is 91.3 Å². The van der Waals surface area contributed by atoms with Gasteiger partial charge in [0.05, 0.1) is 54.3 Å². The van der Waals surface area contributed by atoms with Gasteiger partial charge in [-0.15, -0.1) is 5.06 Å². The molecule has 3 aliphatic rings. The molecular weight excluding hydrogens is 1350 g/mol. The summed E-state index contributed by atoms with van der Waals surface area (Å²) in [5, 5.41) is 28.8. The van der Waals surface area contributed by atoms with Crippen molar-refractivity contribution >= 4 is 82.5 Å². The number of hydrogen-bond donors (Lipinski definition) is 7. The van der Waals surface area contributed by atoms with Crippen molar-refractivity contribution in [1.82, 2.24) is 46.3 Å². The van der Waals surface area contributed by atoms with Crippen LogP contribution in [-0.4, -0.2) is 198 Å². The summed E-state index contributed by atoms with van der Waals surface area (Å²) in [4.78, 5) is 184. The quantitative estimate of drug-likeness (QED) is 0.0155. The number of likely N-dealkylation sites (tertiary alicyclic amines) is 1. The van der Waals surface area contributed by atoms with E-state index in [1.807, 2.05) is 45.9 Å². The molecule has 7 N–H and O–H groups in total. The molecule has 0 bridgehead atoms. The number of benzene rings is 2. The van der Waals surface area contributed by atoms with Crippen LogP contribution >= 0.6 is 0 Å². The standard InChI is InChI=1S/C77H116N10O18/c1-18-47(8)68(58(102-16)40-62(93)86-39-25-29-55(86)70(103-17)48(9)71(96)79-50(11)69(95)52-26-20-19-21-27-52)84(14)75(100)66(45(4)5)83-74(99)67(46(6)7)85(15)76(101)104-43-51-32-34-53(35-33-51)80-72(97)54(28-22-23-38-78-49(10)64-56(88)41-77(12,13)42-57(64)89)81-73(98)65(44(2)3)82-59(90)30-24-31-63(94)105-87-60(91)36-37-61(87)92/h19-21,26-27,32-35,44-48,50,54-55,58,65-70,78,95H,18,22-25,28-31,36-43H2,1-17H3,(H,79,96)(H,80,97)(H,81,98)(H,82,90)(H,83,99)/t47-,48+,50+,54?,55-,58+,65-,66-,67-,68-,69+,70+/m1/s1. The van der Waals surface area contributed by atoms with Gasteiger partial charge in [0.25, 0.3) is 11.8 Å². The molecule has 0 aromatic heterocycles. The Balaban J connectivity index is 1.21. The highest BCUT2D eigenvalue weighted by molar-refractivity contribution is 6.22. The molecule has 12 atom stereocenters. The molecular formula is C77H116N10O18. The number of likely N-dealkylation sites (N-methyl/N-ethyl adjacent to an activating group) is 2. The fourth-order valence-electron chi connectivity index (χ4n) is 13.9. The number of amides is 10. The Labute approximate surface area is 618 Å². The highest BCUT2D eigenvalue weighted by atomic mass is 16.7. The van der Waals surface area contributed by atoms with Gasteiger partial charge >= 0.3 is 12.1 Å². The number of imide groups is 1. The highest BCUT2D eigenvalue weighted by Crippen LogP contribution is 2.35. The number of methoxy groups -OCH3 is 2. The molecule has 582 valence electrons. The van der Waals surface area contributed by atoms with E-state index in [2.05, 4.69) is 31.9 Å². The first kappa shape index (κ1) is 87.0. The summed E-state index contributed by atoms with van der Waals surface area (Å²) in [5.74, 6) is -8.34. The van der Waals surface area contributed by atoms with E-state index >= 15 is 0 Å². The molecule has 2 heterocycles. The molecule has 1 saturated carbocycles. The fraction of sp³-hybridized carbons (Fsp3) is 0.649. The number of unbranched alkanes of at least 4 members (excludes halogenated alkanes) is 1. The van der Waals surface area contributed by atoms with Crippen molar-refractivity contribution in [3.63, 3.8) is 0 Å². The molecule has 1 aliphatic carbocycles. The Kier molecular flexibility index (Phi) is 33.8. The molecule has 2 saturated heterocycles. The Morgan fingerprint density at radius 2 is 1.31 bits per heavy atom. The second-order valence-electron chi connectivity index (χ2n) is 30.0. The number of aliphatic hydroxyl groups excluding tert-OH is 1. The first-order valence-corrected chi connectivity index (χ1v) is 36.9. The van der Waals surface area contributed by atoms with Crippen molar-refractivity contribution < 1.29 is 86.5 Å². The zero-order valence-corrected chi connectivity index (χ0v) is 64.6. The Morgan fingerprint density at radius 3 is 1.89 bits per heavy atom. The van der Waals surface area contributed by atoms with Crippen molar-refractivity contribution in [1.29, 1.82) is 0 Å². The first-order chi connectivity index (χ1) is 49.5. The lowest BCUT2D eigenvalue weighted by atomic mass is 9.73. The Bertz CT molecular complexity index is 3360. The van der Waals surface area contributed by atoms with E-state index in [1.54, 1.807) is 116 Å². The van der Waals surface area contributed by atoms with Crippen molar-refractivity contribution in [2.75, 3.05) is 46.7 Å². The summed E-state index contributed by atoms with van der Waals surface area (Å²) in [5.41, 5.74) is 1.66. The van der Waals surface area contributed by atoms with Crippen molar-refractivity contribution in [3.8, 4) is 0 Å². The van der Waals surface area contributed by atoms with E-state index in [0.717, 1.165) is 0 Å². The van der Waals surface area contributed by atoms with Gasteiger partial charge in [0.1, 0.15) is 30.8 Å². The molecule has 105 heavy (non-hydrogen) atoms. The molecule has 10 amide bonds. The zero-order valence-electron chi connectivity index (χ0n) is 64.6. The van der Waals surface area contributed by atoms with Gasteiger partial charge in [-0.3, -0.25) is 57.6 Å². The summed E-state index contributed by atoms with van der Waals surface area (Å²) in [6.07, 6.45) is -0.741. The van der Waals surface area contributed by atoms with Crippen LogP contribution in [0.15, 0.2) is 65.9 Å². The smallest absolute Gasteiger partial charge is 0.410 e. The van der Waals surface area contributed by atoms with Gasteiger partial charge in [-0.25, -0.2) is 9.59 Å². The minimum absolute atomic E-state index is 0.0249. The number of carbonyl (C=O) groups is 13. The molecule has 2 aromatic rings. The second kappa shape index (κ2) is 40.7. The average Bonchev–Trinajstić information content (AvgIpc) is 1.66. The van der Waals surface area contributed by atoms with Crippen LogP contribution in [0.3, 0.4) is 0 Å². The lowest BCUT2D eigenvalue weighted by molar-refractivity contribution is -0.197. The summed E-state index contributed by atoms with van der Waals surface area (Å²) >= 11 is 0. The molecule has 3 fully saturated rings. The maximum atomic E-state index is 14.9. The van der Waals surface area contributed by atoms with E-state index in [4.69, 9.17) is 19.0 Å². The SMILES string of the molecule is CC[C@@H](C)[C@H]([C@H](CC(=O)N1CCC[C@@H]1[C@@H](OC)[C@H](C)C(=O)N[C@@H](C)[C@H](O)c1ccccc1)OC)N(C)C(=O)[C@H](NC(=O)[C@@H](C(C)C)N(C)C(=O)OCc1ccc(NC(=O)C(CCCCNC(C)=C2C(=O)CC(C)(C)CC2=O)NC(=O)[C@H](NC(=O)CCCC(=O)ON2C(=O)CCC2=O)C(C)C)cc1)C(C)C. The fourth-order valence-corrected chi connectivity index (χ4v) is 13.9. The van der Waals surface area contributed by atoms with Gasteiger partial charge in [0.15, 0.2) is 11.6 Å². The zero-order chi connectivity index (χ0) is 78.3. The lowest BCUT2D eigenvalue weighted by Gasteiger charge is -2.41. The van der Waals surface area contributed by atoms with Crippen LogP contribution in [0.25, 0.3) is 0 Å². The number of nitrogens with one attached hydrogen (secondary N) is 6. The van der Waals surface area contributed by atoms with E-state index in [9.17, 15) is 67.4 Å². The number of anilines is 1. The average molecular weight is 1470 g/mol. The van der Waals surface area contributed by atoms with Crippen LogP contribution in [0.5, 0.6) is 0 Å². The summed E-state index contributed by atoms with van der Waals surface area (Å²) in [7, 11) is 6.06. The van der Waals surface area contributed by atoms with E-state index in [0.29, 0.717) is 72.8 Å². The first-order valence-electron chi connectivity index (χ1n) is 36.9. The number of ether oxygens (including phenoxy) is 3. The number of carbonyl (C=O) groups excluding carboxylic acids is 13. The van der Waals surface area contributed by atoms with E-state index in [1.165, 1.54) is 26.2 Å². The van der Waals surface area contributed by atoms with Crippen LogP contribution in [0, 0.1) is 35.0 Å². The predicted molar refractivity (Wildman–Crippen MR) is 391 cm³/mol. The normalized spacial score (nSPS) is 18.4. The Hall–Kier alpha value is -8.63. The minimum Gasteiger partial charge on any atom is -0.445 e. The molecule has 28 nitrogen and oxygen atoms in total. The highest BCUT2D eigenvalue weighted by Gasteiger charge is 2.45. The number of aliphatic hydroxyl groups is 1. The number of hydroxylamine groups is 2. The molecule has 5 rings (SSSR count). The second-order valence-corrected chi connectivity index (χ2v) is 30.0. The number of nitrogens with zero attached hydrogens (tertiary/aromatic N) is 4. The van der Waals surface area contributed by atoms with Gasteiger partial charge in [-0.1, -0.05) is 125 Å². The topological polar surface area (TPSA) is 364 Å². The number of hydrogen-bond acceptors (Lipinski definition) is 19. The van der Waals surface area contributed by atoms with Crippen molar-refractivity contribution in [3.05, 3.63) is 77.0 Å². The molecule has 2 aromatic carbocycles. The van der Waals surface area contributed by atoms with Crippen LogP contribution < -0.4 is 31.9 Å². The third kappa shape index (κ3) is 24.7. The molecule has 0 radical (unpaired) electrons. The maximum Gasteiger partial charge on any atom is 0.410 e. The maximum absolute atomic E-state index is 14.9. The van der Waals surface area contributed by atoms with Crippen LogP contribution in [0.4, 0.5) is 10.5 Å². The molecule has 2 aliphatic heterocycles. The number of ketones is 2. The lowest BCUT2D eigenvalue weighted by Crippen LogP contribution is -2.60. The number of Topliss-reactive ketones (excluding diaryl/α,β-unsaturated/α-hetero) is 2. The van der Waals surface area contributed by atoms with Crippen LogP contribution in [-0.2, 0) is 83.2 Å². The van der Waals surface area contributed by atoms with Crippen LogP contribution in [0.2, 0.25) is 0 Å². The number of rotatable bonds is 39. The summed E-state index contributed by atoms with van der Waals surface area (Å²) in [6, 6.07) is 9.26. The predicted octanol–water partition coefficient (Wildman–Crippen LogP) is 6.91. The summed E-state index contributed by atoms with van der Waals surface area (Å²) in [6.45, 7) is 23.8.